The molecule has 22 heavy (non-hydrogen) atoms. The Morgan fingerprint density at radius 2 is 1.86 bits per heavy atom. The fourth-order valence-electron chi connectivity index (χ4n) is 1.85. The van der Waals surface area contributed by atoms with Gasteiger partial charge in [0.2, 0.25) is 5.91 Å². The Kier molecular flexibility index (Phi) is 5.08. The van der Waals surface area contributed by atoms with Crippen molar-refractivity contribution in [1.82, 2.24) is 0 Å². The van der Waals surface area contributed by atoms with Crippen LogP contribution < -0.4 is 10.1 Å². The SMILES string of the molecule is Cc1ccccc1NC(=O)CCOc1ccc([N+](=O)[O-])cc1. The van der Waals surface area contributed by atoms with Gasteiger partial charge in [-0.3, -0.25) is 14.9 Å². The Morgan fingerprint density at radius 3 is 2.50 bits per heavy atom. The van der Waals surface area contributed by atoms with Gasteiger partial charge in [-0.25, -0.2) is 0 Å². The fraction of sp³-hybridized carbons (Fsp3) is 0.188. The predicted molar refractivity (Wildman–Crippen MR) is 83.0 cm³/mol. The number of ether oxygens (including phenoxy) is 1. The molecule has 0 saturated heterocycles. The number of anilines is 1. The van der Waals surface area contributed by atoms with Gasteiger partial charge in [-0.05, 0) is 30.7 Å². The molecule has 0 aromatic heterocycles. The first kappa shape index (κ1) is 15.5. The van der Waals surface area contributed by atoms with Gasteiger partial charge >= 0.3 is 0 Å². The second-order valence-corrected chi connectivity index (χ2v) is 4.71. The Morgan fingerprint density at radius 1 is 1.18 bits per heavy atom. The number of nitrogens with zero attached hydrogens (tertiary/aromatic N) is 1. The summed E-state index contributed by atoms with van der Waals surface area (Å²) in [5.74, 6) is 0.352. The third-order valence-corrected chi connectivity index (χ3v) is 3.06. The number of hydrogen-bond acceptors (Lipinski definition) is 4. The van der Waals surface area contributed by atoms with Crippen LogP contribution in [-0.2, 0) is 4.79 Å². The van der Waals surface area contributed by atoms with Gasteiger partial charge in [0.1, 0.15) is 5.75 Å². The number of nitro benzene ring substituents is 1. The highest BCUT2D eigenvalue weighted by molar-refractivity contribution is 5.91. The summed E-state index contributed by atoms with van der Waals surface area (Å²) in [5.41, 5.74) is 1.78. The van der Waals surface area contributed by atoms with Crippen molar-refractivity contribution in [2.24, 2.45) is 0 Å². The number of rotatable bonds is 6. The summed E-state index contributed by atoms with van der Waals surface area (Å²) in [6.45, 7) is 2.12. The summed E-state index contributed by atoms with van der Waals surface area (Å²) in [5, 5.41) is 13.3. The summed E-state index contributed by atoms with van der Waals surface area (Å²) in [6.07, 6.45) is 0.200. The first-order valence-corrected chi connectivity index (χ1v) is 6.79. The molecule has 0 bridgehead atoms. The second-order valence-electron chi connectivity index (χ2n) is 4.71. The molecule has 1 amide bonds. The van der Waals surface area contributed by atoms with Gasteiger partial charge in [-0.1, -0.05) is 18.2 Å². The maximum absolute atomic E-state index is 11.8. The minimum Gasteiger partial charge on any atom is -0.493 e. The van der Waals surface area contributed by atoms with Crippen molar-refractivity contribution in [1.29, 1.82) is 0 Å². The standard InChI is InChI=1S/C16H16N2O4/c1-12-4-2-3-5-15(12)17-16(19)10-11-22-14-8-6-13(7-9-14)18(20)21/h2-9H,10-11H2,1H3,(H,17,19). The molecule has 2 rings (SSSR count). The maximum atomic E-state index is 11.8. The van der Waals surface area contributed by atoms with Crippen LogP contribution >= 0.6 is 0 Å². The van der Waals surface area contributed by atoms with E-state index in [1.54, 1.807) is 0 Å². The monoisotopic (exact) mass is 300 g/mol. The number of hydrogen-bond donors (Lipinski definition) is 1. The van der Waals surface area contributed by atoms with Crippen LogP contribution in [0.25, 0.3) is 0 Å². The third kappa shape index (κ3) is 4.31. The molecule has 6 heteroatoms. The average molecular weight is 300 g/mol. The van der Waals surface area contributed by atoms with Crippen LogP contribution in [0.3, 0.4) is 0 Å². The van der Waals surface area contributed by atoms with Gasteiger partial charge in [-0.2, -0.15) is 0 Å². The van der Waals surface area contributed by atoms with Gasteiger partial charge < -0.3 is 10.1 Å². The summed E-state index contributed by atoms with van der Waals surface area (Å²) in [6, 6.07) is 13.3. The van der Waals surface area contributed by atoms with Gasteiger partial charge in [0.05, 0.1) is 18.0 Å². The zero-order chi connectivity index (χ0) is 15.9. The Bertz CT molecular complexity index is 668. The number of carbonyl (C=O) groups excluding carboxylic acids is 1. The second kappa shape index (κ2) is 7.21. The lowest BCUT2D eigenvalue weighted by Crippen LogP contribution is -2.15. The van der Waals surface area contributed by atoms with E-state index >= 15 is 0 Å². The van der Waals surface area contributed by atoms with E-state index in [-0.39, 0.29) is 24.6 Å². The quantitative estimate of drug-likeness (QED) is 0.655. The molecule has 0 spiro atoms. The van der Waals surface area contributed by atoms with Crippen LogP contribution in [0.2, 0.25) is 0 Å². The van der Waals surface area contributed by atoms with Crippen molar-refractivity contribution in [3.8, 4) is 5.75 Å². The van der Waals surface area contributed by atoms with E-state index in [4.69, 9.17) is 4.74 Å². The lowest BCUT2D eigenvalue weighted by Gasteiger charge is -2.09. The maximum Gasteiger partial charge on any atom is 0.269 e. The molecule has 2 aromatic carbocycles. The normalized spacial score (nSPS) is 10.0. The summed E-state index contributed by atoms with van der Waals surface area (Å²) in [7, 11) is 0. The molecule has 0 atom stereocenters. The van der Waals surface area contributed by atoms with Crippen molar-refractivity contribution in [2.75, 3.05) is 11.9 Å². The topological polar surface area (TPSA) is 81.5 Å². The van der Waals surface area contributed by atoms with Crippen molar-refractivity contribution < 1.29 is 14.5 Å². The highest BCUT2D eigenvalue weighted by atomic mass is 16.6. The Balaban J connectivity index is 1.79. The molecule has 0 aliphatic carbocycles. The summed E-state index contributed by atoms with van der Waals surface area (Å²) >= 11 is 0. The molecule has 114 valence electrons. The molecular formula is C16H16N2O4. The van der Waals surface area contributed by atoms with Gasteiger partial charge in [0.15, 0.2) is 0 Å². The van der Waals surface area contributed by atoms with Crippen LogP contribution in [-0.4, -0.2) is 17.4 Å². The number of nitrogens with one attached hydrogen (secondary N) is 1. The number of benzene rings is 2. The molecule has 0 aliphatic heterocycles. The Labute approximate surface area is 127 Å². The van der Waals surface area contributed by atoms with E-state index in [0.717, 1.165) is 11.3 Å². The van der Waals surface area contributed by atoms with Gasteiger partial charge in [0, 0.05) is 17.8 Å². The van der Waals surface area contributed by atoms with Crippen molar-refractivity contribution in [3.05, 3.63) is 64.2 Å². The van der Waals surface area contributed by atoms with Crippen LogP contribution in [0, 0.1) is 17.0 Å². The average Bonchev–Trinajstić information content (AvgIpc) is 2.50. The van der Waals surface area contributed by atoms with Gasteiger partial charge in [0.25, 0.3) is 5.69 Å². The lowest BCUT2D eigenvalue weighted by atomic mass is 10.2. The van der Waals surface area contributed by atoms with Crippen molar-refractivity contribution in [3.63, 3.8) is 0 Å². The fourth-order valence-corrected chi connectivity index (χ4v) is 1.85. The Hall–Kier alpha value is -2.89. The van der Waals surface area contributed by atoms with Gasteiger partial charge in [-0.15, -0.1) is 0 Å². The number of para-hydroxylation sites is 1. The minimum atomic E-state index is -0.473. The molecule has 2 aromatic rings. The first-order valence-electron chi connectivity index (χ1n) is 6.79. The van der Waals surface area contributed by atoms with Crippen LogP contribution in [0.5, 0.6) is 5.75 Å². The van der Waals surface area contributed by atoms with E-state index in [2.05, 4.69) is 5.32 Å². The van der Waals surface area contributed by atoms with Crippen LogP contribution in [0.4, 0.5) is 11.4 Å². The van der Waals surface area contributed by atoms with E-state index in [0.29, 0.717) is 5.75 Å². The molecule has 0 aliphatic rings. The summed E-state index contributed by atoms with van der Waals surface area (Å²) < 4.78 is 5.40. The molecule has 0 fully saturated rings. The summed E-state index contributed by atoms with van der Waals surface area (Å²) in [4.78, 5) is 21.9. The highest BCUT2D eigenvalue weighted by Gasteiger charge is 2.06. The number of aryl methyl sites for hydroxylation is 1. The number of amides is 1. The zero-order valence-electron chi connectivity index (χ0n) is 12.1. The van der Waals surface area contributed by atoms with Crippen LogP contribution in [0.15, 0.2) is 48.5 Å². The number of carbonyl (C=O) groups is 1. The van der Waals surface area contributed by atoms with Crippen molar-refractivity contribution in [2.45, 2.75) is 13.3 Å². The smallest absolute Gasteiger partial charge is 0.269 e. The number of non-ortho nitro benzene ring substituents is 1. The van der Waals surface area contributed by atoms with E-state index < -0.39 is 4.92 Å². The highest BCUT2D eigenvalue weighted by Crippen LogP contribution is 2.17. The van der Waals surface area contributed by atoms with Crippen molar-refractivity contribution >= 4 is 17.3 Å². The third-order valence-electron chi connectivity index (χ3n) is 3.06. The first-order chi connectivity index (χ1) is 10.6. The molecule has 6 nitrogen and oxygen atoms in total. The molecule has 0 saturated carbocycles. The zero-order valence-corrected chi connectivity index (χ0v) is 12.1. The molecular weight excluding hydrogens is 284 g/mol. The number of nitro groups is 1. The minimum absolute atomic E-state index is 0.00430. The molecule has 0 unspecified atom stereocenters. The molecule has 1 N–H and O–H groups in total. The van der Waals surface area contributed by atoms with E-state index in [9.17, 15) is 14.9 Å². The van der Waals surface area contributed by atoms with Crippen LogP contribution in [0.1, 0.15) is 12.0 Å². The van der Waals surface area contributed by atoms with E-state index in [1.807, 2.05) is 31.2 Å². The lowest BCUT2D eigenvalue weighted by molar-refractivity contribution is -0.384. The van der Waals surface area contributed by atoms with E-state index in [1.165, 1.54) is 24.3 Å². The largest absolute Gasteiger partial charge is 0.493 e. The molecule has 0 heterocycles. The molecule has 0 radical (unpaired) electrons. The predicted octanol–water partition coefficient (Wildman–Crippen LogP) is 3.31.